The van der Waals surface area contributed by atoms with Crippen LogP contribution in [0.15, 0.2) is 72.8 Å². The highest BCUT2D eigenvalue weighted by Crippen LogP contribution is 2.32. The molecule has 1 N–H and O–H groups in total. The number of aromatic nitrogens is 4. The van der Waals surface area contributed by atoms with Crippen LogP contribution in [0.25, 0.3) is 5.69 Å². The zero-order valence-electron chi connectivity index (χ0n) is 16.3. The molecule has 0 saturated carbocycles. The Labute approximate surface area is 173 Å². The van der Waals surface area contributed by atoms with E-state index in [1.54, 1.807) is 19.2 Å². The van der Waals surface area contributed by atoms with Crippen LogP contribution >= 0.6 is 0 Å². The summed E-state index contributed by atoms with van der Waals surface area (Å²) in [6, 6.07) is 21.8. The van der Waals surface area contributed by atoms with E-state index in [-0.39, 0.29) is 11.8 Å². The maximum atomic E-state index is 13.0. The molecule has 0 fully saturated rings. The summed E-state index contributed by atoms with van der Waals surface area (Å²) < 4.78 is 25.9. The van der Waals surface area contributed by atoms with Crippen LogP contribution in [0.2, 0.25) is 0 Å². The molecule has 0 aliphatic heterocycles. The van der Waals surface area contributed by atoms with Crippen LogP contribution in [0.3, 0.4) is 0 Å². The minimum atomic E-state index is -0.239. The van der Waals surface area contributed by atoms with Crippen LogP contribution in [-0.4, -0.2) is 27.3 Å². The van der Waals surface area contributed by atoms with Crippen molar-refractivity contribution in [3.05, 3.63) is 89.7 Å². The molecule has 0 radical (unpaired) electrons. The summed E-state index contributed by atoms with van der Waals surface area (Å²) in [4.78, 5) is 0. The third-order valence-corrected chi connectivity index (χ3v) is 4.44. The van der Waals surface area contributed by atoms with Gasteiger partial charge in [0.05, 0.1) is 12.8 Å². The monoisotopic (exact) mass is 405 g/mol. The summed E-state index contributed by atoms with van der Waals surface area (Å²) in [5, 5.41) is 15.0. The minimum absolute atomic E-state index is 0.238. The first-order valence-electron chi connectivity index (χ1n) is 9.36. The average molecular weight is 405 g/mol. The van der Waals surface area contributed by atoms with Gasteiger partial charge < -0.3 is 14.8 Å². The van der Waals surface area contributed by atoms with Crippen molar-refractivity contribution in [2.45, 2.75) is 13.1 Å². The number of halogens is 1. The Hall–Kier alpha value is -3.78. The molecule has 3 aromatic carbocycles. The lowest BCUT2D eigenvalue weighted by Crippen LogP contribution is -2.12. The van der Waals surface area contributed by atoms with E-state index in [0.717, 1.165) is 16.8 Å². The first-order chi connectivity index (χ1) is 14.7. The fraction of sp³-hybridized carbons (Fsp3) is 0.136. The zero-order chi connectivity index (χ0) is 20.8. The van der Waals surface area contributed by atoms with Crippen molar-refractivity contribution in [1.29, 1.82) is 0 Å². The van der Waals surface area contributed by atoms with Gasteiger partial charge in [-0.2, -0.15) is 4.68 Å². The molecular weight excluding hydrogens is 385 g/mol. The molecule has 4 aromatic rings. The average Bonchev–Trinajstić information content (AvgIpc) is 3.25. The molecule has 0 bridgehead atoms. The summed E-state index contributed by atoms with van der Waals surface area (Å²) in [5.41, 5.74) is 2.82. The number of tetrazole rings is 1. The normalized spacial score (nSPS) is 10.7. The van der Waals surface area contributed by atoms with E-state index in [4.69, 9.17) is 9.47 Å². The van der Waals surface area contributed by atoms with Crippen molar-refractivity contribution in [1.82, 2.24) is 25.5 Å². The lowest BCUT2D eigenvalue weighted by Gasteiger charge is -2.12. The molecule has 0 aliphatic rings. The number of benzene rings is 3. The number of nitrogens with one attached hydrogen (secondary N) is 1. The van der Waals surface area contributed by atoms with Gasteiger partial charge in [-0.05, 0) is 58.0 Å². The fourth-order valence-corrected chi connectivity index (χ4v) is 2.93. The molecule has 8 heteroatoms. The Balaban J connectivity index is 1.44. The summed E-state index contributed by atoms with van der Waals surface area (Å²) in [7, 11) is 1.58. The first-order valence-corrected chi connectivity index (χ1v) is 9.36. The molecule has 0 aliphatic carbocycles. The highest BCUT2D eigenvalue weighted by atomic mass is 19.1. The fourth-order valence-electron chi connectivity index (χ4n) is 2.93. The maximum absolute atomic E-state index is 13.0. The smallest absolute Gasteiger partial charge is 0.346 e. The van der Waals surface area contributed by atoms with E-state index in [1.807, 2.05) is 48.5 Å². The predicted octanol–water partition coefficient (Wildman–Crippen LogP) is 3.89. The summed E-state index contributed by atoms with van der Waals surface area (Å²) in [5.74, 6) is 0.836. The summed E-state index contributed by atoms with van der Waals surface area (Å²) in [6.07, 6.45) is 0. The van der Waals surface area contributed by atoms with Crippen molar-refractivity contribution < 1.29 is 13.9 Å². The molecule has 152 valence electrons. The van der Waals surface area contributed by atoms with Crippen LogP contribution in [0, 0.1) is 5.82 Å². The van der Waals surface area contributed by atoms with Gasteiger partial charge >= 0.3 is 6.01 Å². The second-order valence-corrected chi connectivity index (χ2v) is 6.53. The Morgan fingerprint density at radius 3 is 2.40 bits per heavy atom. The highest BCUT2D eigenvalue weighted by Gasteiger charge is 2.14. The lowest BCUT2D eigenvalue weighted by atomic mass is 10.2. The molecular formula is C22H20FN5O2. The molecule has 0 spiro atoms. The molecule has 0 atom stereocenters. The van der Waals surface area contributed by atoms with Gasteiger partial charge in [-0.15, -0.1) is 0 Å². The molecule has 1 aromatic heterocycles. The first kappa shape index (κ1) is 19.5. The molecule has 0 unspecified atom stereocenters. The highest BCUT2D eigenvalue weighted by molar-refractivity contribution is 5.44. The van der Waals surface area contributed by atoms with Crippen LogP contribution in [0.4, 0.5) is 4.39 Å². The minimum Gasteiger partial charge on any atom is -0.493 e. The number of nitrogens with zero attached hydrogens (tertiary/aromatic N) is 4. The van der Waals surface area contributed by atoms with Gasteiger partial charge in [0.15, 0.2) is 11.5 Å². The third-order valence-electron chi connectivity index (χ3n) is 4.44. The van der Waals surface area contributed by atoms with Crippen molar-refractivity contribution in [2.75, 3.05) is 7.11 Å². The predicted molar refractivity (Wildman–Crippen MR) is 109 cm³/mol. The summed E-state index contributed by atoms with van der Waals surface area (Å²) >= 11 is 0. The topological polar surface area (TPSA) is 74.1 Å². The van der Waals surface area contributed by atoms with Gasteiger partial charge in [-0.1, -0.05) is 41.5 Å². The van der Waals surface area contributed by atoms with Crippen molar-refractivity contribution >= 4 is 0 Å². The van der Waals surface area contributed by atoms with Crippen molar-refractivity contribution in [3.63, 3.8) is 0 Å². The quantitative estimate of drug-likeness (QED) is 0.479. The standard InChI is InChI=1S/C22H20FN5O2/c1-29-21-13-17(15-24-14-16-7-10-18(23)11-8-16)9-12-20(21)30-22-25-26-27-28(22)19-5-3-2-4-6-19/h2-13,24H,14-15H2,1H3. The van der Waals surface area contributed by atoms with E-state index in [9.17, 15) is 4.39 Å². The lowest BCUT2D eigenvalue weighted by molar-refractivity contribution is 0.362. The number of hydrogen-bond donors (Lipinski definition) is 1. The van der Waals surface area contributed by atoms with Crippen LogP contribution < -0.4 is 14.8 Å². The molecule has 1 heterocycles. The van der Waals surface area contributed by atoms with Gasteiger partial charge in [0.25, 0.3) is 0 Å². The Morgan fingerprint density at radius 1 is 0.900 bits per heavy atom. The van der Waals surface area contributed by atoms with Crippen molar-refractivity contribution in [3.8, 4) is 23.2 Å². The number of ether oxygens (including phenoxy) is 2. The molecule has 7 nitrogen and oxygen atoms in total. The molecule has 30 heavy (non-hydrogen) atoms. The number of rotatable bonds is 8. The summed E-state index contributed by atoms with van der Waals surface area (Å²) in [6.45, 7) is 1.25. The van der Waals surface area contributed by atoms with E-state index in [0.29, 0.717) is 24.6 Å². The Bertz CT molecular complexity index is 1100. The van der Waals surface area contributed by atoms with Gasteiger partial charge in [0.1, 0.15) is 5.82 Å². The third kappa shape index (κ3) is 4.61. The van der Waals surface area contributed by atoms with Crippen LogP contribution in [0.5, 0.6) is 17.5 Å². The SMILES string of the molecule is COc1cc(CNCc2ccc(F)cc2)ccc1Oc1nnnn1-c1ccccc1. The number of hydrogen-bond acceptors (Lipinski definition) is 6. The second-order valence-electron chi connectivity index (χ2n) is 6.53. The Morgan fingerprint density at radius 2 is 1.63 bits per heavy atom. The van der Waals surface area contributed by atoms with E-state index in [1.165, 1.54) is 16.8 Å². The maximum Gasteiger partial charge on any atom is 0.346 e. The van der Waals surface area contributed by atoms with E-state index < -0.39 is 0 Å². The van der Waals surface area contributed by atoms with Gasteiger partial charge in [-0.3, -0.25) is 0 Å². The van der Waals surface area contributed by atoms with Crippen LogP contribution in [0.1, 0.15) is 11.1 Å². The number of methoxy groups -OCH3 is 1. The Kier molecular flexibility index (Phi) is 5.95. The van der Waals surface area contributed by atoms with E-state index in [2.05, 4.69) is 20.8 Å². The van der Waals surface area contributed by atoms with Gasteiger partial charge in [0.2, 0.25) is 0 Å². The largest absolute Gasteiger partial charge is 0.493 e. The van der Waals surface area contributed by atoms with Crippen LogP contribution in [-0.2, 0) is 13.1 Å². The van der Waals surface area contributed by atoms with Crippen molar-refractivity contribution in [2.24, 2.45) is 0 Å². The van der Waals surface area contributed by atoms with E-state index >= 15 is 0 Å². The van der Waals surface area contributed by atoms with Gasteiger partial charge in [0, 0.05) is 13.1 Å². The molecule has 0 amide bonds. The molecule has 0 saturated heterocycles. The zero-order valence-corrected chi connectivity index (χ0v) is 16.3. The second kappa shape index (κ2) is 9.15. The number of para-hydroxylation sites is 1. The van der Waals surface area contributed by atoms with Gasteiger partial charge in [-0.25, -0.2) is 4.39 Å². The molecule has 4 rings (SSSR count).